The lowest BCUT2D eigenvalue weighted by Gasteiger charge is -2.13. The molecule has 0 unspecified atom stereocenters. The van der Waals surface area contributed by atoms with Crippen molar-refractivity contribution in [2.75, 3.05) is 6.61 Å². The number of thioether (sulfide) groups is 1. The fourth-order valence-corrected chi connectivity index (χ4v) is 3.98. The number of carboxylic acid groups (broad SMARTS) is 1. The molecule has 8 heteroatoms. The molecule has 1 aromatic heterocycles. The highest BCUT2D eigenvalue weighted by molar-refractivity contribution is 8.03. The SMILES string of the molecule is CCOc1cc(/C=C(\Sc2nc3ccccc3o2)C(=O)O)ccc1OCc1ccccc1Cl. The molecule has 0 aliphatic rings. The van der Waals surface area contributed by atoms with Gasteiger partial charge < -0.3 is 19.0 Å². The van der Waals surface area contributed by atoms with Crippen LogP contribution in [-0.4, -0.2) is 22.7 Å². The molecule has 0 atom stereocenters. The second-order valence-electron chi connectivity index (χ2n) is 6.88. The van der Waals surface area contributed by atoms with Crippen molar-refractivity contribution in [3.8, 4) is 11.5 Å². The predicted molar refractivity (Wildman–Crippen MR) is 129 cm³/mol. The topological polar surface area (TPSA) is 81.8 Å². The average Bonchev–Trinajstić information content (AvgIpc) is 3.22. The Morgan fingerprint density at radius 3 is 2.64 bits per heavy atom. The van der Waals surface area contributed by atoms with E-state index in [-0.39, 0.29) is 16.7 Å². The highest BCUT2D eigenvalue weighted by Crippen LogP contribution is 2.34. The summed E-state index contributed by atoms with van der Waals surface area (Å²) < 4.78 is 17.3. The lowest BCUT2D eigenvalue weighted by Crippen LogP contribution is -2.01. The van der Waals surface area contributed by atoms with E-state index in [4.69, 9.17) is 25.5 Å². The van der Waals surface area contributed by atoms with Crippen LogP contribution in [0.25, 0.3) is 17.2 Å². The highest BCUT2D eigenvalue weighted by Gasteiger charge is 2.16. The molecule has 0 amide bonds. The first kappa shape index (κ1) is 22.8. The molecule has 0 radical (unpaired) electrons. The monoisotopic (exact) mass is 481 g/mol. The Morgan fingerprint density at radius 2 is 1.88 bits per heavy atom. The van der Waals surface area contributed by atoms with E-state index in [2.05, 4.69) is 4.98 Å². The van der Waals surface area contributed by atoms with Crippen LogP contribution in [0.1, 0.15) is 18.1 Å². The van der Waals surface area contributed by atoms with Crippen LogP contribution >= 0.6 is 23.4 Å². The third-order valence-electron chi connectivity index (χ3n) is 4.59. The van der Waals surface area contributed by atoms with Crippen molar-refractivity contribution in [1.29, 1.82) is 0 Å². The Kier molecular flexibility index (Phi) is 7.22. The molecule has 0 aliphatic carbocycles. The molecular weight excluding hydrogens is 462 g/mol. The number of oxazole rings is 1. The van der Waals surface area contributed by atoms with Gasteiger partial charge in [-0.05, 0) is 60.7 Å². The van der Waals surface area contributed by atoms with Crippen LogP contribution in [-0.2, 0) is 11.4 Å². The number of hydrogen-bond donors (Lipinski definition) is 1. The van der Waals surface area contributed by atoms with E-state index < -0.39 is 5.97 Å². The fourth-order valence-electron chi connectivity index (χ4n) is 3.05. The first-order valence-electron chi connectivity index (χ1n) is 10.1. The summed E-state index contributed by atoms with van der Waals surface area (Å²) in [6, 6.07) is 20.0. The van der Waals surface area contributed by atoms with Gasteiger partial charge in [-0.1, -0.05) is 48.0 Å². The molecule has 0 saturated heterocycles. The van der Waals surface area contributed by atoms with Crippen molar-refractivity contribution in [2.45, 2.75) is 18.8 Å². The Labute approximate surface area is 199 Å². The summed E-state index contributed by atoms with van der Waals surface area (Å²) in [4.78, 5) is 16.3. The third kappa shape index (κ3) is 5.69. The lowest BCUT2D eigenvalue weighted by molar-refractivity contribution is -0.131. The minimum Gasteiger partial charge on any atom is -0.490 e. The number of hydrogen-bond acceptors (Lipinski definition) is 6. The van der Waals surface area contributed by atoms with Crippen LogP contribution in [0.15, 0.2) is 81.3 Å². The van der Waals surface area contributed by atoms with Gasteiger partial charge >= 0.3 is 5.97 Å². The van der Waals surface area contributed by atoms with Gasteiger partial charge in [0, 0.05) is 10.6 Å². The lowest BCUT2D eigenvalue weighted by atomic mass is 10.2. The normalized spacial score (nSPS) is 11.5. The van der Waals surface area contributed by atoms with E-state index in [1.54, 1.807) is 36.4 Å². The standard InChI is InChI=1S/C25H20ClNO5S/c1-2-30-22-13-16(11-12-21(22)31-15-17-7-3-4-8-18(17)26)14-23(24(28)29)33-25-27-19-9-5-6-10-20(19)32-25/h3-14H,2,15H2,1H3,(H,28,29)/b23-14-. The number of fused-ring (bicyclic) bond motifs is 1. The molecule has 3 aromatic carbocycles. The van der Waals surface area contributed by atoms with Crippen molar-refractivity contribution in [3.63, 3.8) is 0 Å². The molecule has 0 aliphatic heterocycles. The van der Waals surface area contributed by atoms with Gasteiger partial charge in [0.2, 0.25) is 0 Å². The van der Waals surface area contributed by atoms with E-state index in [1.807, 2.05) is 43.3 Å². The van der Waals surface area contributed by atoms with Crippen molar-refractivity contribution < 1.29 is 23.8 Å². The Bertz CT molecular complexity index is 1280. The number of benzene rings is 3. The smallest absolute Gasteiger partial charge is 0.342 e. The predicted octanol–water partition coefficient (Wildman–Crippen LogP) is 6.68. The van der Waals surface area contributed by atoms with Crippen molar-refractivity contribution in [2.24, 2.45) is 0 Å². The number of aliphatic carboxylic acids is 1. The van der Waals surface area contributed by atoms with E-state index >= 15 is 0 Å². The van der Waals surface area contributed by atoms with Crippen LogP contribution in [0.3, 0.4) is 0 Å². The second-order valence-corrected chi connectivity index (χ2v) is 8.28. The first-order chi connectivity index (χ1) is 16.0. The Balaban J connectivity index is 1.57. The first-order valence-corrected chi connectivity index (χ1v) is 11.3. The van der Waals surface area contributed by atoms with Crippen molar-refractivity contribution in [3.05, 3.63) is 87.8 Å². The van der Waals surface area contributed by atoms with E-state index in [0.29, 0.717) is 39.8 Å². The van der Waals surface area contributed by atoms with Gasteiger partial charge in [-0.25, -0.2) is 9.78 Å². The largest absolute Gasteiger partial charge is 0.490 e. The zero-order chi connectivity index (χ0) is 23.2. The number of aromatic nitrogens is 1. The molecule has 4 rings (SSSR count). The zero-order valence-electron chi connectivity index (χ0n) is 17.7. The Morgan fingerprint density at radius 1 is 1.09 bits per heavy atom. The van der Waals surface area contributed by atoms with E-state index in [9.17, 15) is 9.90 Å². The molecule has 4 aromatic rings. The fraction of sp³-hybridized carbons (Fsp3) is 0.120. The summed E-state index contributed by atoms with van der Waals surface area (Å²) in [7, 11) is 0. The molecule has 33 heavy (non-hydrogen) atoms. The molecule has 6 nitrogen and oxygen atoms in total. The summed E-state index contributed by atoms with van der Waals surface area (Å²) in [6.45, 7) is 2.58. The van der Waals surface area contributed by atoms with Gasteiger partial charge in [0.05, 0.1) is 6.61 Å². The molecule has 168 valence electrons. The number of para-hydroxylation sites is 2. The summed E-state index contributed by atoms with van der Waals surface area (Å²) in [5, 5.41) is 10.6. The van der Waals surface area contributed by atoms with Crippen molar-refractivity contribution in [1.82, 2.24) is 4.98 Å². The van der Waals surface area contributed by atoms with Crippen LogP contribution < -0.4 is 9.47 Å². The maximum absolute atomic E-state index is 11.9. The molecule has 0 bridgehead atoms. The molecule has 1 N–H and O–H groups in total. The average molecular weight is 482 g/mol. The number of ether oxygens (including phenoxy) is 2. The maximum atomic E-state index is 11.9. The van der Waals surface area contributed by atoms with Gasteiger partial charge in [0.1, 0.15) is 17.0 Å². The van der Waals surface area contributed by atoms with Crippen LogP contribution in [0.4, 0.5) is 0 Å². The molecule has 0 fully saturated rings. The number of carbonyl (C=O) groups is 1. The van der Waals surface area contributed by atoms with Crippen LogP contribution in [0.5, 0.6) is 11.5 Å². The van der Waals surface area contributed by atoms with Gasteiger partial charge in [-0.15, -0.1) is 0 Å². The van der Waals surface area contributed by atoms with E-state index in [1.165, 1.54) is 0 Å². The summed E-state index contributed by atoms with van der Waals surface area (Å²) in [5.41, 5.74) is 2.77. The minimum absolute atomic E-state index is 0.0636. The molecule has 1 heterocycles. The van der Waals surface area contributed by atoms with Gasteiger partial charge in [-0.2, -0.15) is 0 Å². The molecular formula is C25H20ClNO5S. The van der Waals surface area contributed by atoms with Crippen LogP contribution in [0, 0.1) is 0 Å². The molecule has 0 spiro atoms. The van der Waals surface area contributed by atoms with Gasteiger partial charge in [0.15, 0.2) is 17.1 Å². The number of rotatable bonds is 9. The second kappa shape index (κ2) is 10.5. The highest BCUT2D eigenvalue weighted by atomic mass is 35.5. The summed E-state index contributed by atoms with van der Waals surface area (Å²) in [5.74, 6) is -0.0356. The quantitative estimate of drug-likeness (QED) is 0.211. The number of nitrogens with zero attached hydrogens (tertiary/aromatic N) is 1. The minimum atomic E-state index is -1.08. The third-order valence-corrected chi connectivity index (χ3v) is 5.82. The van der Waals surface area contributed by atoms with E-state index in [0.717, 1.165) is 17.3 Å². The number of halogens is 1. The maximum Gasteiger partial charge on any atom is 0.342 e. The summed E-state index contributed by atoms with van der Waals surface area (Å²) >= 11 is 7.15. The summed E-state index contributed by atoms with van der Waals surface area (Å²) in [6.07, 6.45) is 1.54. The number of carboxylic acids is 1. The van der Waals surface area contributed by atoms with Gasteiger partial charge in [0.25, 0.3) is 5.22 Å². The van der Waals surface area contributed by atoms with Gasteiger partial charge in [-0.3, -0.25) is 0 Å². The van der Waals surface area contributed by atoms with Crippen LogP contribution in [0.2, 0.25) is 5.02 Å². The zero-order valence-corrected chi connectivity index (χ0v) is 19.2. The molecule has 0 saturated carbocycles. The van der Waals surface area contributed by atoms with Crippen molar-refractivity contribution >= 4 is 46.5 Å². The Hall–Kier alpha value is -3.42.